The van der Waals surface area contributed by atoms with Crippen molar-refractivity contribution in [2.75, 3.05) is 12.4 Å². The molecule has 2 rings (SSSR count). The number of anilines is 1. The fourth-order valence-corrected chi connectivity index (χ4v) is 2.50. The second-order valence-electron chi connectivity index (χ2n) is 5.01. The Morgan fingerprint density at radius 3 is 2.31 bits per heavy atom. The van der Waals surface area contributed by atoms with Crippen molar-refractivity contribution in [2.24, 2.45) is 0 Å². The van der Waals surface area contributed by atoms with E-state index in [-0.39, 0.29) is 11.7 Å². The monoisotopic (exact) mass is 399 g/mol. The third kappa shape index (κ3) is 5.79. The van der Waals surface area contributed by atoms with Crippen LogP contribution in [0.2, 0.25) is 0 Å². The molecule has 0 atom stereocenters. The highest BCUT2D eigenvalue weighted by molar-refractivity contribution is 7.13. The number of ether oxygens (including phenoxy) is 1. The molecule has 0 aliphatic rings. The van der Waals surface area contributed by atoms with Crippen molar-refractivity contribution < 1.29 is 35.9 Å². The topological polar surface area (TPSA) is 54.5 Å². The van der Waals surface area contributed by atoms with Crippen LogP contribution in [0, 0.1) is 0 Å². The Hall–Kier alpha value is -2.50. The van der Waals surface area contributed by atoms with Gasteiger partial charge in [0.05, 0.1) is 0 Å². The second-order valence-corrected chi connectivity index (χ2v) is 5.87. The first-order valence-corrected chi connectivity index (χ1v) is 7.71. The number of hydrogen-bond acceptors (Lipinski definition) is 4. The van der Waals surface area contributed by atoms with Crippen LogP contribution >= 0.6 is 11.3 Å². The van der Waals surface area contributed by atoms with E-state index in [2.05, 4.69) is 15.0 Å². The van der Waals surface area contributed by atoms with Gasteiger partial charge in [0, 0.05) is 19.0 Å². The maximum absolute atomic E-state index is 12.5. The van der Waals surface area contributed by atoms with E-state index in [1.54, 1.807) is 0 Å². The normalized spacial score (nSPS) is 12.0. The molecule has 26 heavy (non-hydrogen) atoms. The van der Waals surface area contributed by atoms with E-state index in [0.717, 1.165) is 22.4 Å². The fourth-order valence-electron chi connectivity index (χ4n) is 1.79. The third-order valence-electron chi connectivity index (χ3n) is 2.93. The first kappa shape index (κ1) is 19.8. The first-order chi connectivity index (χ1) is 11.9. The molecule has 2 aromatic rings. The van der Waals surface area contributed by atoms with Gasteiger partial charge in [-0.25, -0.2) is 9.78 Å². The van der Waals surface area contributed by atoms with Gasteiger partial charge in [-0.15, -0.1) is 24.5 Å². The molecule has 0 aliphatic heterocycles. The van der Waals surface area contributed by atoms with Gasteiger partial charge in [0.15, 0.2) is 10.8 Å². The van der Waals surface area contributed by atoms with Gasteiger partial charge in [0.1, 0.15) is 5.75 Å². The summed E-state index contributed by atoms with van der Waals surface area (Å²) >= 11 is 0.623. The predicted molar refractivity (Wildman–Crippen MR) is 80.7 cm³/mol. The molecule has 1 aromatic carbocycles. The van der Waals surface area contributed by atoms with Gasteiger partial charge in [-0.2, -0.15) is 13.2 Å². The first-order valence-electron chi connectivity index (χ1n) is 6.83. The van der Waals surface area contributed by atoms with E-state index in [9.17, 15) is 31.1 Å². The molecule has 0 spiro atoms. The maximum Gasteiger partial charge on any atom is 0.573 e. The zero-order valence-electron chi connectivity index (χ0n) is 13.0. The quantitative estimate of drug-likeness (QED) is 0.757. The van der Waals surface area contributed by atoms with E-state index in [0.29, 0.717) is 16.9 Å². The Bertz CT molecular complexity index is 757. The second kappa shape index (κ2) is 7.40. The highest BCUT2D eigenvalue weighted by Gasteiger charge is 2.34. The summed E-state index contributed by atoms with van der Waals surface area (Å²) in [4.78, 5) is 16.4. The van der Waals surface area contributed by atoms with Gasteiger partial charge in [-0.3, -0.25) is 5.32 Å². The Balaban J connectivity index is 1.93. The van der Waals surface area contributed by atoms with Crippen LogP contribution in [0.15, 0.2) is 29.6 Å². The average Bonchev–Trinajstić information content (AvgIpc) is 2.96. The van der Waals surface area contributed by atoms with E-state index in [4.69, 9.17) is 0 Å². The molecule has 1 aromatic heterocycles. The lowest BCUT2D eigenvalue weighted by atomic mass is 10.2. The van der Waals surface area contributed by atoms with E-state index < -0.39 is 30.0 Å². The molecule has 0 radical (unpaired) electrons. The molecule has 142 valence electrons. The Kier molecular flexibility index (Phi) is 5.64. The van der Waals surface area contributed by atoms with Crippen molar-refractivity contribution in [3.63, 3.8) is 0 Å². The third-order valence-corrected chi connectivity index (χ3v) is 3.69. The number of carbonyl (C=O) groups excluding carboxylic acids is 1. The molecule has 2 amide bonds. The summed E-state index contributed by atoms with van der Waals surface area (Å²) < 4.78 is 77.4. The summed E-state index contributed by atoms with van der Waals surface area (Å²) in [5.74, 6) is -0.407. The van der Waals surface area contributed by atoms with Crippen LogP contribution in [0.3, 0.4) is 0 Å². The number of amides is 2. The van der Waals surface area contributed by atoms with Gasteiger partial charge >= 0.3 is 18.6 Å². The smallest absolute Gasteiger partial charge is 0.406 e. The number of benzene rings is 1. The number of alkyl halides is 6. The molecule has 1 heterocycles. The SMILES string of the molecule is CN(Cc1ccc(OC(F)(F)F)cc1)C(=O)Nc1nc(C(F)(F)F)cs1. The molecule has 1 N–H and O–H groups in total. The van der Waals surface area contributed by atoms with Crippen molar-refractivity contribution in [1.29, 1.82) is 0 Å². The lowest BCUT2D eigenvalue weighted by Gasteiger charge is -2.17. The Morgan fingerprint density at radius 2 is 1.81 bits per heavy atom. The summed E-state index contributed by atoms with van der Waals surface area (Å²) in [5.41, 5.74) is -0.618. The molecule has 0 aliphatic carbocycles. The lowest BCUT2D eigenvalue weighted by Crippen LogP contribution is -2.30. The number of hydrogen-bond donors (Lipinski definition) is 1. The van der Waals surface area contributed by atoms with Gasteiger partial charge in [0.25, 0.3) is 0 Å². The minimum Gasteiger partial charge on any atom is -0.406 e. The zero-order valence-corrected chi connectivity index (χ0v) is 13.8. The van der Waals surface area contributed by atoms with Crippen molar-refractivity contribution in [1.82, 2.24) is 9.88 Å². The van der Waals surface area contributed by atoms with Gasteiger partial charge in [-0.1, -0.05) is 12.1 Å². The number of carbonyl (C=O) groups is 1. The van der Waals surface area contributed by atoms with Crippen molar-refractivity contribution in [2.45, 2.75) is 19.1 Å². The molecule has 12 heteroatoms. The number of thiazole rings is 1. The molecule has 0 saturated carbocycles. The Labute approximate surface area is 147 Å². The van der Waals surface area contributed by atoms with E-state index in [1.807, 2.05) is 0 Å². The van der Waals surface area contributed by atoms with Crippen LogP contribution in [0.25, 0.3) is 0 Å². The summed E-state index contributed by atoms with van der Waals surface area (Å²) in [7, 11) is 1.37. The van der Waals surface area contributed by atoms with Crippen molar-refractivity contribution >= 4 is 22.5 Å². The predicted octanol–water partition coefficient (Wildman–Crippen LogP) is 4.72. The summed E-state index contributed by atoms with van der Waals surface area (Å²) in [6, 6.07) is 4.12. The number of nitrogens with one attached hydrogen (secondary N) is 1. The largest absolute Gasteiger partial charge is 0.573 e. The summed E-state index contributed by atoms with van der Waals surface area (Å²) in [6.07, 6.45) is -9.41. The van der Waals surface area contributed by atoms with Gasteiger partial charge < -0.3 is 9.64 Å². The highest BCUT2D eigenvalue weighted by Crippen LogP contribution is 2.31. The number of nitrogens with zero attached hydrogens (tertiary/aromatic N) is 2. The molecule has 0 fully saturated rings. The minimum absolute atomic E-state index is 0.00956. The number of aromatic nitrogens is 1. The fraction of sp³-hybridized carbons (Fsp3) is 0.286. The van der Waals surface area contributed by atoms with E-state index in [1.165, 1.54) is 19.2 Å². The van der Waals surface area contributed by atoms with Crippen LogP contribution in [-0.4, -0.2) is 29.3 Å². The Morgan fingerprint density at radius 1 is 1.19 bits per heavy atom. The molecule has 0 bridgehead atoms. The van der Waals surface area contributed by atoms with Crippen LogP contribution < -0.4 is 10.1 Å². The molecule has 0 unspecified atom stereocenters. The van der Waals surface area contributed by atoms with Crippen molar-refractivity contribution in [3.05, 3.63) is 40.9 Å². The molecule has 0 saturated heterocycles. The lowest BCUT2D eigenvalue weighted by molar-refractivity contribution is -0.274. The van der Waals surface area contributed by atoms with Crippen LogP contribution in [0.4, 0.5) is 36.3 Å². The molecular formula is C14H11F6N3O2S. The number of halogens is 6. The average molecular weight is 399 g/mol. The molecular weight excluding hydrogens is 388 g/mol. The number of rotatable bonds is 4. The van der Waals surface area contributed by atoms with Crippen molar-refractivity contribution in [3.8, 4) is 5.75 Å². The summed E-state index contributed by atoms with van der Waals surface area (Å²) in [5, 5.41) is 2.77. The van der Waals surface area contributed by atoms with Crippen LogP contribution in [-0.2, 0) is 12.7 Å². The zero-order chi connectivity index (χ0) is 19.5. The number of urea groups is 1. The van der Waals surface area contributed by atoms with Gasteiger partial charge in [-0.05, 0) is 17.7 Å². The van der Waals surface area contributed by atoms with Gasteiger partial charge in [0.2, 0.25) is 0 Å². The minimum atomic E-state index is -4.80. The highest BCUT2D eigenvalue weighted by atomic mass is 32.1. The summed E-state index contributed by atoms with van der Waals surface area (Å²) in [6.45, 7) is 0.00956. The van der Waals surface area contributed by atoms with Crippen LogP contribution in [0.1, 0.15) is 11.3 Å². The van der Waals surface area contributed by atoms with Crippen LogP contribution in [0.5, 0.6) is 5.75 Å². The van der Waals surface area contributed by atoms with E-state index >= 15 is 0 Å². The maximum atomic E-state index is 12.5. The standard InChI is InChI=1S/C14H11F6N3O2S/c1-23(6-8-2-4-9(5-3-8)25-14(18,19)20)12(24)22-11-21-10(7-26-11)13(15,16)17/h2-5,7H,6H2,1H3,(H,21,22,24). The molecule has 5 nitrogen and oxygen atoms in total.